The molecule has 11 rings (SSSR count). The number of aryl methyl sites for hydroxylation is 2. The molecular formula is C71H86O16. The molecule has 3 saturated heterocycles. The van der Waals surface area contributed by atoms with Crippen molar-refractivity contribution in [1.29, 1.82) is 0 Å². The van der Waals surface area contributed by atoms with Gasteiger partial charge in [-0.3, -0.25) is 0 Å². The van der Waals surface area contributed by atoms with E-state index in [1.54, 1.807) is 12.1 Å². The van der Waals surface area contributed by atoms with Gasteiger partial charge in [-0.15, -0.1) is 0 Å². The van der Waals surface area contributed by atoms with Crippen LogP contribution in [-0.4, -0.2) is 159 Å². The second kappa shape index (κ2) is 32.1. The van der Waals surface area contributed by atoms with Crippen LogP contribution >= 0.6 is 0 Å². The van der Waals surface area contributed by atoms with E-state index < -0.39 is 111 Å². The van der Waals surface area contributed by atoms with Crippen LogP contribution in [0, 0.1) is 13.8 Å². The van der Waals surface area contributed by atoms with E-state index in [0.29, 0.717) is 17.5 Å². The normalized spacial score (nSPS) is 26.8. The highest BCUT2D eigenvalue weighted by Gasteiger charge is 2.46. The van der Waals surface area contributed by atoms with Crippen LogP contribution in [-0.2, 0) is 33.5 Å². The van der Waals surface area contributed by atoms with Crippen LogP contribution in [0.5, 0.6) is 5.75 Å². The third kappa shape index (κ3) is 16.6. The topological polar surface area (TPSA) is 291 Å². The number of phenolic OH excluding ortho intramolecular Hbond substituents is 1. The summed E-state index contributed by atoms with van der Waals surface area (Å²) in [7, 11) is 0. The van der Waals surface area contributed by atoms with Crippen LogP contribution < -0.4 is 0 Å². The quantitative estimate of drug-likeness (QED) is 0.0588. The number of aliphatic hydroxyl groups excluding tert-OH is 12. The fourth-order valence-electron chi connectivity index (χ4n) is 11.2. The molecule has 16 heteroatoms. The summed E-state index contributed by atoms with van der Waals surface area (Å²) in [6.45, 7) is 10.7. The molecule has 0 spiro atoms. The molecule has 0 radical (unpaired) electrons. The Labute approximate surface area is 509 Å². The average Bonchev–Trinajstić information content (AvgIpc) is 4.06. The van der Waals surface area contributed by atoms with Crippen molar-refractivity contribution < 1.29 is 80.6 Å². The Morgan fingerprint density at radius 3 is 1.18 bits per heavy atom. The van der Waals surface area contributed by atoms with Gasteiger partial charge in [0.05, 0.1) is 19.8 Å². The summed E-state index contributed by atoms with van der Waals surface area (Å²) < 4.78 is 16.9. The lowest BCUT2D eigenvalue weighted by atomic mass is 9.89. The number of hydrogen-bond donors (Lipinski definition) is 13. The van der Waals surface area contributed by atoms with Gasteiger partial charge in [-0.05, 0) is 118 Å². The van der Waals surface area contributed by atoms with Crippen LogP contribution in [0.25, 0.3) is 22.3 Å². The number of aromatic hydroxyl groups is 1. The fourth-order valence-corrected chi connectivity index (χ4v) is 11.2. The summed E-state index contributed by atoms with van der Waals surface area (Å²) in [6.07, 6.45) is -15.8. The molecule has 4 aromatic rings. The number of phenols is 1. The predicted octanol–water partition coefficient (Wildman–Crippen LogP) is 6.96. The van der Waals surface area contributed by atoms with Gasteiger partial charge >= 0.3 is 0 Å². The summed E-state index contributed by atoms with van der Waals surface area (Å²) >= 11 is 0. The molecule has 15 atom stereocenters. The van der Waals surface area contributed by atoms with Gasteiger partial charge in [0.25, 0.3) is 0 Å². The Balaban J connectivity index is 0.000000181. The number of ether oxygens (including phenoxy) is 3. The highest BCUT2D eigenvalue weighted by atomic mass is 16.6. The minimum atomic E-state index is -1.49. The molecule has 0 saturated carbocycles. The molecule has 0 aromatic heterocycles. The van der Waals surface area contributed by atoms with E-state index in [1.165, 1.54) is 33.9 Å². The van der Waals surface area contributed by atoms with Crippen molar-refractivity contribution in [2.75, 3.05) is 19.8 Å². The zero-order valence-corrected chi connectivity index (χ0v) is 50.1. The molecule has 466 valence electrons. The second-order valence-electron chi connectivity index (χ2n) is 22.0. The molecule has 0 bridgehead atoms. The van der Waals surface area contributed by atoms with E-state index in [-0.39, 0.29) is 5.75 Å². The third-order valence-corrected chi connectivity index (χ3v) is 16.0. The molecule has 13 N–H and O–H groups in total. The van der Waals surface area contributed by atoms with Gasteiger partial charge in [0.15, 0.2) is 0 Å². The molecule has 0 unspecified atom stereocenters. The zero-order valence-electron chi connectivity index (χ0n) is 50.1. The zero-order chi connectivity index (χ0) is 63.1. The SMILES string of the molecule is CC.CC.Cc1ccc(Cc2cc([C@@H]3O[C@H](CO)[C@@H](O)[C@H](O)[C@H]3O)ccc2C)cc1.OC[C@H]1O[C@@H](c2cc(Cc3cc4cccccc-4c3)ccc2O)[C@H](O)[C@@H](O)[C@@H]1O.OC[C@H]1O[C@@H](c2cccc(Cc3cc4cccccc-4c3)c2)[C@H](O)[C@@H](O)[C@@H]1O. The first-order valence-electron chi connectivity index (χ1n) is 29.9. The van der Waals surface area contributed by atoms with Crippen LogP contribution in [0.15, 0.2) is 170 Å². The van der Waals surface area contributed by atoms with E-state index in [2.05, 4.69) is 79.7 Å². The van der Waals surface area contributed by atoms with Gasteiger partial charge in [-0.25, -0.2) is 0 Å². The van der Waals surface area contributed by atoms with Crippen LogP contribution in [0.1, 0.15) is 107 Å². The van der Waals surface area contributed by atoms with Crippen molar-refractivity contribution in [2.45, 2.75) is 152 Å². The summed E-state index contributed by atoms with van der Waals surface area (Å²) in [4.78, 5) is 0. The van der Waals surface area contributed by atoms with Gasteiger partial charge in [0, 0.05) is 5.56 Å². The van der Waals surface area contributed by atoms with Crippen molar-refractivity contribution in [1.82, 2.24) is 0 Å². The van der Waals surface area contributed by atoms with Crippen molar-refractivity contribution in [3.8, 4) is 28.0 Å². The molecule has 3 fully saturated rings. The maximum Gasteiger partial charge on any atom is 0.121 e. The number of aliphatic hydroxyl groups is 12. The van der Waals surface area contributed by atoms with E-state index in [9.17, 15) is 66.4 Å². The van der Waals surface area contributed by atoms with Crippen molar-refractivity contribution >= 4 is 0 Å². The molecule has 3 aliphatic heterocycles. The smallest absolute Gasteiger partial charge is 0.121 e. The van der Waals surface area contributed by atoms with Crippen molar-refractivity contribution in [3.05, 3.63) is 231 Å². The first-order chi connectivity index (χ1) is 41.9. The highest BCUT2D eigenvalue weighted by Crippen LogP contribution is 2.39. The van der Waals surface area contributed by atoms with Gasteiger partial charge in [0.2, 0.25) is 0 Å². The Bertz CT molecular complexity index is 3230. The van der Waals surface area contributed by atoms with Crippen LogP contribution in [0.4, 0.5) is 0 Å². The van der Waals surface area contributed by atoms with Gasteiger partial charge < -0.3 is 80.6 Å². The lowest BCUT2D eigenvalue weighted by Gasteiger charge is -2.40. The molecular weight excluding hydrogens is 1110 g/mol. The monoisotopic (exact) mass is 1190 g/mol. The summed E-state index contributed by atoms with van der Waals surface area (Å²) in [5.74, 6) is -0.0854. The van der Waals surface area contributed by atoms with Crippen LogP contribution in [0.2, 0.25) is 0 Å². The molecule has 7 aliphatic rings. The third-order valence-electron chi connectivity index (χ3n) is 16.0. The second-order valence-corrected chi connectivity index (χ2v) is 22.0. The molecule has 16 nitrogen and oxygen atoms in total. The Hall–Kier alpha value is -6.52. The maximum atomic E-state index is 10.4. The largest absolute Gasteiger partial charge is 0.508 e. The summed E-state index contributed by atoms with van der Waals surface area (Å²) in [5, 5.41) is 130. The number of benzene rings is 4. The highest BCUT2D eigenvalue weighted by molar-refractivity contribution is 5.69. The minimum Gasteiger partial charge on any atom is -0.508 e. The van der Waals surface area contributed by atoms with Crippen molar-refractivity contribution in [2.24, 2.45) is 0 Å². The number of hydrogen-bond acceptors (Lipinski definition) is 16. The Morgan fingerprint density at radius 2 is 0.736 bits per heavy atom. The minimum absolute atomic E-state index is 0.0854. The average molecular weight is 1200 g/mol. The van der Waals surface area contributed by atoms with E-state index >= 15 is 0 Å². The van der Waals surface area contributed by atoms with Crippen molar-refractivity contribution in [3.63, 3.8) is 0 Å². The maximum absolute atomic E-state index is 10.4. The standard InChI is InChI=1S/C23H24O6.C23H24O5.C21H26O5.2C2H6/c24-12-19-20(26)21(27)22(28)23(29-19)17-11-13(6-7-18(17)25)8-14-9-15-4-2-1-3-5-16(15)10-14;24-13-19-20(25)21(26)22(27)23(28-19)18-8-4-5-14(10-18)9-15-11-16-6-2-1-3-7-17(16)12-15;1-12-3-6-14(7-4-12)9-16-10-15(8-5-13(16)2)21-20(25)19(24)18(23)17(11-22)26-21;2*1-2/h1-7,9-11,19-28H,8,12H2;1-8,10-12,19-27H,9,13H2;3-8,10,17-25H,9,11H2,1-2H3;2*1-2H3/t2*19-,20-,21+,22-,23+;17-,18-,19+,20-,21+;;/m111../s1. The first-order valence-corrected chi connectivity index (χ1v) is 29.9. The molecule has 0 amide bonds. The first kappa shape index (κ1) is 68.0. The summed E-state index contributed by atoms with van der Waals surface area (Å²) in [6, 6.07) is 55.6. The summed E-state index contributed by atoms with van der Waals surface area (Å²) in [5.41, 5.74) is 15.2. The molecule has 3 heterocycles. The molecule has 4 aliphatic carbocycles. The van der Waals surface area contributed by atoms with Crippen LogP contribution in [0.3, 0.4) is 0 Å². The van der Waals surface area contributed by atoms with E-state index in [0.717, 1.165) is 57.3 Å². The van der Waals surface area contributed by atoms with E-state index in [4.69, 9.17) is 14.2 Å². The predicted molar refractivity (Wildman–Crippen MR) is 332 cm³/mol. The lowest BCUT2D eigenvalue weighted by Crippen LogP contribution is -2.55. The van der Waals surface area contributed by atoms with Gasteiger partial charge in [0.1, 0.15) is 97.3 Å². The molecule has 4 aromatic carbocycles. The Kier molecular flexibility index (Phi) is 25.1. The van der Waals surface area contributed by atoms with E-state index in [1.807, 2.05) is 113 Å². The lowest BCUT2D eigenvalue weighted by molar-refractivity contribution is -0.232. The van der Waals surface area contributed by atoms with Gasteiger partial charge in [-0.1, -0.05) is 191 Å². The molecule has 87 heavy (non-hydrogen) atoms. The Morgan fingerprint density at radius 1 is 0.333 bits per heavy atom. The number of fused-ring (bicyclic) bond motifs is 2. The fraction of sp³-hybridized carbons (Fsp3) is 0.380. The van der Waals surface area contributed by atoms with Gasteiger partial charge in [-0.2, -0.15) is 0 Å². The number of rotatable bonds is 12.